The van der Waals surface area contributed by atoms with Crippen molar-refractivity contribution < 1.29 is 109 Å². The third-order valence-electron chi connectivity index (χ3n) is 10.8. The molecule has 0 radical (unpaired) electrons. The van der Waals surface area contributed by atoms with Crippen LogP contribution in [0.5, 0.6) is 28.7 Å². The van der Waals surface area contributed by atoms with E-state index in [4.69, 9.17) is 37.6 Å². The number of carbonyl (C=O) groups is 1. The summed E-state index contributed by atoms with van der Waals surface area (Å²) in [5.41, 5.74) is -0.968. The van der Waals surface area contributed by atoms with Crippen LogP contribution in [0.4, 0.5) is 0 Å². The summed E-state index contributed by atoms with van der Waals surface area (Å²) in [6.07, 6.45) is -23.6. The van der Waals surface area contributed by atoms with E-state index in [2.05, 4.69) is 0 Å². The zero-order chi connectivity index (χ0) is 46.9. The van der Waals surface area contributed by atoms with Crippen molar-refractivity contribution in [3.05, 3.63) is 82.5 Å². The van der Waals surface area contributed by atoms with Gasteiger partial charge in [-0.3, -0.25) is 4.79 Å². The Kier molecular flexibility index (Phi) is 14.6. The van der Waals surface area contributed by atoms with Crippen molar-refractivity contribution in [1.29, 1.82) is 0 Å². The maximum Gasteiger partial charge on any atom is 0.330 e. The van der Waals surface area contributed by atoms with Crippen LogP contribution in [0, 0.1) is 0 Å². The molecule has 3 aliphatic rings. The van der Waals surface area contributed by atoms with E-state index in [-0.39, 0.29) is 22.8 Å². The van der Waals surface area contributed by atoms with Crippen LogP contribution >= 0.6 is 0 Å². The van der Waals surface area contributed by atoms with Crippen LogP contribution in [0.25, 0.3) is 28.4 Å². The third kappa shape index (κ3) is 10.0. The zero-order valence-corrected chi connectivity index (χ0v) is 33.6. The van der Waals surface area contributed by atoms with Gasteiger partial charge in [0.15, 0.2) is 5.76 Å². The Bertz CT molecular complexity index is 2350. The fourth-order valence-corrected chi connectivity index (χ4v) is 7.14. The van der Waals surface area contributed by atoms with E-state index in [1.54, 1.807) is 0 Å². The van der Waals surface area contributed by atoms with Gasteiger partial charge in [-0.05, 0) is 48.0 Å². The number of aliphatic hydroxyl groups is 11. The number of aromatic hydroxyl groups is 2. The Morgan fingerprint density at radius 3 is 1.66 bits per heavy atom. The molecule has 23 nitrogen and oxygen atoms in total. The summed E-state index contributed by atoms with van der Waals surface area (Å²) in [6, 6.07) is 13.0. The highest BCUT2D eigenvalue weighted by molar-refractivity contribution is 5.88. The minimum Gasteiger partial charge on any atom is -0.508 e. The minimum atomic E-state index is -2.06. The normalized spacial score (nSPS) is 32.9. The van der Waals surface area contributed by atoms with E-state index >= 15 is 0 Å². The number of hydrogen-bond acceptors (Lipinski definition) is 23. The second-order valence-electron chi connectivity index (χ2n) is 15.2. The lowest BCUT2D eigenvalue weighted by Crippen LogP contribution is -2.60. The molecule has 1 aromatic heterocycles. The maximum atomic E-state index is 14.4. The van der Waals surface area contributed by atoms with Gasteiger partial charge in [-0.1, -0.05) is 12.1 Å². The van der Waals surface area contributed by atoms with Gasteiger partial charge in [0.25, 0.3) is 0 Å². The fraction of sp³-hybridized carbons (Fsp3) is 0.429. The molecule has 4 heterocycles. The number of fused-ring (bicyclic) bond motifs is 1. The zero-order valence-electron chi connectivity index (χ0n) is 33.6. The van der Waals surface area contributed by atoms with Gasteiger partial charge < -0.3 is 104 Å². The molecule has 4 aromatic rings. The first-order valence-corrected chi connectivity index (χ1v) is 19.9. The first-order valence-electron chi connectivity index (χ1n) is 19.9. The molecule has 13 N–H and O–H groups in total. The average Bonchev–Trinajstić information content (AvgIpc) is 3.29. The molecule has 23 heteroatoms. The predicted molar refractivity (Wildman–Crippen MR) is 214 cm³/mol. The van der Waals surface area contributed by atoms with E-state index in [1.165, 1.54) is 54.6 Å². The van der Waals surface area contributed by atoms with Gasteiger partial charge in [0.1, 0.15) is 114 Å². The predicted octanol–water partition coefficient (Wildman–Crippen LogP) is -3.33. The number of hydrogen-bond donors (Lipinski definition) is 13. The van der Waals surface area contributed by atoms with Crippen LogP contribution in [0.2, 0.25) is 0 Å². The smallest absolute Gasteiger partial charge is 0.330 e. The molecular formula is C42H46O23. The van der Waals surface area contributed by atoms with Gasteiger partial charge in [-0.2, -0.15) is 0 Å². The summed E-state index contributed by atoms with van der Waals surface area (Å²) >= 11 is 0. The SMILES string of the molecule is O=C(/C=C/c1ccc(O)cc1)OCC1O[C@@H](Oc2c(-c3ccc(O[C@@H]4OC(CO)[C@H](O)C(O)C4O)cc3)oc3cc(O[C@@H]4OC(CO)[C@H](O)[C@H](O)C4O)cc(O)c3c2=O)C(O)C(O)[C@H]1O. The third-order valence-corrected chi connectivity index (χ3v) is 10.8. The number of esters is 1. The number of benzene rings is 3. The summed E-state index contributed by atoms with van der Waals surface area (Å²) in [4.78, 5) is 26.9. The van der Waals surface area contributed by atoms with E-state index in [0.29, 0.717) is 5.56 Å². The van der Waals surface area contributed by atoms with Gasteiger partial charge in [0.2, 0.25) is 30.0 Å². The molecule has 3 saturated heterocycles. The Morgan fingerprint density at radius 2 is 1.11 bits per heavy atom. The van der Waals surface area contributed by atoms with E-state index in [9.17, 15) is 76.0 Å². The number of carbonyl (C=O) groups excluding carboxylic acids is 1. The Labute approximate surface area is 365 Å². The fourth-order valence-electron chi connectivity index (χ4n) is 7.14. The average molecular weight is 919 g/mol. The van der Waals surface area contributed by atoms with E-state index in [1.807, 2.05) is 0 Å². The molecular weight excluding hydrogens is 872 g/mol. The van der Waals surface area contributed by atoms with Crippen LogP contribution in [-0.2, 0) is 23.7 Å². The van der Waals surface area contributed by atoms with Crippen molar-refractivity contribution in [2.24, 2.45) is 0 Å². The van der Waals surface area contributed by atoms with Crippen LogP contribution < -0.4 is 19.6 Å². The van der Waals surface area contributed by atoms with Crippen molar-refractivity contribution in [2.45, 2.75) is 92.1 Å². The highest BCUT2D eigenvalue weighted by Gasteiger charge is 2.48. The molecule has 3 aromatic carbocycles. The quantitative estimate of drug-likeness (QED) is 0.0461. The number of aliphatic hydroxyl groups excluding tert-OH is 11. The first-order chi connectivity index (χ1) is 31.0. The summed E-state index contributed by atoms with van der Waals surface area (Å²) < 4.78 is 45.0. The van der Waals surface area contributed by atoms with Crippen molar-refractivity contribution in [1.82, 2.24) is 0 Å². The maximum absolute atomic E-state index is 14.4. The number of phenols is 2. The molecule has 15 atom stereocenters. The largest absolute Gasteiger partial charge is 0.508 e. The van der Waals surface area contributed by atoms with Crippen molar-refractivity contribution >= 4 is 23.0 Å². The number of rotatable bonds is 13. The molecule has 0 amide bonds. The number of phenolic OH excluding ortho intramolecular Hbond substituents is 2. The molecule has 8 unspecified atom stereocenters. The molecule has 3 fully saturated rings. The summed E-state index contributed by atoms with van der Waals surface area (Å²) in [6.45, 7) is -2.20. The van der Waals surface area contributed by atoms with Gasteiger partial charge in [-0.15, -0.1) is 0 Å². The highest BCUT2D eigenvalue weighted by Crippen LogP contribution is 2.39. The van der Waals surface area contributed by atoms with Crippen molar-refractivity contribution in [3.8, 4) is 40.1 Å². The second-order valence-corrected chi connectivity index (χ2v) is 15.2. The van der Waals surface area contributed by atoms with E-state index in [0.717, 1.165) is 18.2 Å². The monoisotopic (exact) mass is 918 g/mol. The lowest BCUT2D eigenvalue weighted by Gasteiger charge is -2.39. The van der Waals surface area contributed by atoms with Gasteiger partial charge >= 0.3 is 5.97 Å². The first kappa shape index (κ1) is 47.5. The van der Waals surface area contributed by atoms with Gasteiger partial charge in [-0.25, -0.2) is 4.79 Å². The van der Waals surface area contributed by atoms with Gasteiger partial charge in [0, 0.05) is 23.8 Å². The molecule has 352 valence electrons. The Hall–Kier alpha value is -5.48. The topological polar surface area (TPSA) is 375 Å². The lowest BCUT2D eigenvalue weighted by molar-refractivity contribution is -0.278. The van der Waals surface area contributed by atoms with Crippen LogP contribution in [-0.4, -0.2) is 184 Å². The molecule has 0 saturated carbocycles. The highest BCUT2D eigenvalue weighted by atomic mass is 16.7. The molecule has 7 rings (SSSR count). The number of ether oxygens (including phenoxy) is 7. The van der Waals surface area contributed by atoms with Crippen LogP contribution in [0.3, 0.4) is 0 Å². The standard InChI is InChI=1S/C42H46O23/c43-13-23-28(48)32(52)35(55)40(62-23)59-19-8-4-17(5-9-19)38-39(31(51)27-21(46)11-20(12-22(27)61-38)60-41-36(56)33(53)29(49)24(14-44)63-41)65-42-37(57)34(54)30(50)25(64-42)15-58-26(47)10-3-16-1-6-18(45)7-2-16/h1-12,23-25,28-30,32-37,40-46,48-50,52-57H,13-15H2/b10-3+/t23?,24?,25?,28-,29-,30-,32?,33-,34?,35?,36?,37?,40+,41+,42-/m0/s1. The molecule has 0 spiro atoms. The Morgan fingerprint density at radius 1 is 0.600 bits per heavy atom. The van der Waals surface area contributed by atoms with Crippen LogP contribution in [0.1, 0.15) is 5.56 Å². The van der Waals surface area contributed by atoms with E-state index < -0.39 is 152 Å². The molecule has 0 aliphatic carbocycles. The molecule has 0 bridgehead atoms. The summed E-state index contributed by atoms with van der Waals surface area (Å²) in [5.74, 6) is -3.24. The van der Waals surface area contributed by atoms with Crippen LogP contribution in [0.15, 0.2) is 76.0 Å². The lowest BCUT2D eigenvalue weighted by atomic mass is 9.99. The molecule has 3 aliphatic heterocycles. The van der Waals surface area contributed by atoms with Crippen molar-refractivity contribution in [2.75, 3.05) is 19.8 Å². The summed E-state index contributed by atoms with van der Waals surface area (Å²) in [5, 5.41) is 134. The minimum absolute atomic E-state index is 0.00238. The second kappa shape index (κ2) is 19.9. The molecule has 65 heavy (non-hydrogen) atoms. The Balaban J connectivity index is 1.20. The summed E-state index contributed by atoms with van der Waals surface area (Å²) in [7, 11) is 0. The van der Waals surface area contributed by atoms with Gasteiger partial charge in [0.05, 0.1) is 13.2 Å². The van der Waals surface area contributed by atoms with Crippen molar-refractivity contribution in [3.63, 3.8) is 0 Å².